The summed E-state index contributed by atoms with van der Waals surface area (Å²) >= 11 is 0. The Kier molecular flexibility index (Phi) is 3.64. The van der Waals surface area contributed by atoms with Crippen molar-refractivity contribution >= 4 is 11.9 Å². The molecule has 0 atom stereocenters. The second-order valence-corrected chi connectivity index (χ2v) is 4.08. The second kappa shape index (κ2) is 5.20. The van der Waals surface area contributed by atoms with Crippen LogP contribution in [0.15, 0.2) is 0 Å². The predicted octanol–water partition coefficient (Wildman–Crippen LogP) is 1.64. The van der Waals surface area contributed by atoms with E-state index < -0.39 is 11.9 Å². The van der Waals surface area contributed by atoms with E-state index in [0.717, 1.165) is 12.8 Å². The summed E-state index contributed by atoms with van der Waals surface area (Å²) in [5, 5.41) is 6.49. The van der Waals surface area contributed by atoms with Gasteiger partial charge in [-0.05, 0) is 32.6 Å². The minimum Gasteiger partial charge on any atom is -0.461 e. The molecule has 1 heterocycles. The standard InChI is InChI=1S/C12H16N2O4/c1-3-17-11(15)9-8(7-5-6-7)10(14-13-9)12(16)18-4-2/h7H,3-6H2,1-2H3,(H,13,14). The molecule has 1 N–H and O–H groups in total. The lowest BCUT2D eigenvalue weighted by atomic mass is 10.1. The number of aromatic amines is 1. The van der Waals surface area contributed by atoms with Gasteiger partial charge in [0.2, 0.25) is 0 Å². The highest BCUT2D eigenvalue weighted by molar-refractivity contribution is 5.96. The average Bonchev–Trinajstić information content (AvgIpc) is 3.08. The Hall–Kier alpha value is -1.85. The topological polar surface area (TPSA) is 81.3 Å². The van der Waals surface area contributed by atoms with E-state index in [1.54, 1.807) is 13.8 Å². The minimum atomic E-state index is -0.494. The Bertz CT molecular complexity index is 427. The van der Waals surface area contributed by atoms with Gasteiger partial charge in [0.25, 0.3) is 0 Å². The van der Waals surface area contributed by atoms with Gasteiger partial charge >= 0.3 is 11.9 Å². The van der Waals surface area contributed by atoms with Gasteiger partial charge in [-0.1, -0.05) is 0 Å². The van der Waals surface area contributed by atoms with Crippen molar-refractivity contribution < 1.29 is 19.1 Å². The molecule has 0 amide bonds. The number of nitrogens with zero attached hydrogens (tertiary/aromatic N) is 1. The van der Waals surface area contributed by atoms with Crippen LogP contribution in [-0.2, 0) is 9.47 Å². The largest absolute Gasteiger partial charge is 0.461 e. The summed E-state index contributed by atoms with van der Waals surface area (Å²) in [4.78, 5) is 23.5. The first-order valence-corrected chi connectivity index (χ1v) is 6.11. The molecule has 0 bridgehead atoms. The van der Waals surface area contributed by atoms with Crippen molar-refractivity contribution in [1.29, 1.82) is 0 Å². The zero-order valence-corrected chi connectivity index (χ0v) is 10.5. The molecule has 1 aromatic rings. The number of nitrogens with one attached hydrogen (secondary N) is 1. The zero-order chi connectivity index (χ0) is 13.1. The van der Waals surface area contributed by atoms with E-state index in [4.69, 9.17) is 9.47 Å². The van der Waals surface area contributed by atoms with Crippen molar-refractivity contribution in [3.63, 3.8) is 0 Å². The molecule has 1 aromatic heterocycles. The summed E-state index contributed by atoms with van der Waals surface area (Å²) in [7, 11) is 0. The molecule has 0 aliphatic heterocycles. The minimum absolute atomic E-state index is 0.211. The van der Waals surface area contributed by atoms with Crippen LogP contribution in [0.1, 0.15) is 59.1 Å². The maximum absolute atomic E-state index is 11.7. The summed E-state index contributed by atoms with van der Waals surface area (Å²) in [6.07, 6.45) is 1.91. The van der Waals surface area contributed by atoms with Crippen LogP contribution in [0, 0.1) is 0 Å². The lowest BCUT2D eigenvalue weighted by Crippen LogP contribution is -2.10. The van der Waals surface area contributed by atoms with E-state index in [-0.39, 0.29) is 30.5 Å². The fourth-order valence-electron chi connectivity index (χ4n) is 1.83. The first kappa shape index (κ1) is 12.6. The van der Waals surface area contributed by atoms with E-state index in [2.05, 4.69) is 10.2 Å². The van der Waals surface area contributed by atoms with Crippen LogP contribution in [0.25, 0.3) is 0 Å². The van der Waals surface area contributed by atoms with Crippen LogP contribution in [0.5, 0.6) is 0 Å². The number of hydrogen-bond acceptors (Lipinski definition) is 5. The third-order valence-corrected chi connectivity index (χ3v) is 2.74. The van der Waals surface area contributed by atoms with Crippen molar-refractivity contribution in [2.45, 2.75) is 32.6 Å². The van der Waals surface area contributed by atoms with Gasteiger partial charge in [0.1, 0.15) is 5.69 Å². The summed E-state index contributed by atoms with van der Waals surface area (Å²) in [5.74, 6) is -0.754. The molecule has 98 valence electrons. The zero-order valence-electron chi connectivity index (χ0n) is 10.5. The van der Waals surface area contributed by atoms with E-state index in [1.165, 1.54) is 0 Å². The van der Waals surface area contributed by atoms with E-state index in [0.29, 0.717) is 5.56 Å². The molecule has 6 nitrogen and oxygen atoms in total. The van der Waals surface area contributed by atoms with Crippen molar-refractivity contribution in [2.75, 3.05) is 13.2 Å². The molecule has 0 saturated heterocycles. The maximum Gasteiger partial charge on any atom is 0.359 e. The van der Waals surface area contributed by atoms with E-state index in [9.17, 15) is 9.59 Å². The molecule has 1 fully saturated rings. The molecule has 0 aromatic carbocycles. The van der Waals surface area contributed by atoms with Crippen molar-refractivity contribution in [1.82, 2.24) is 10.2 Å². The van der Waals surface area contributed by atoms with Crippen LogP contribution in [-0.4, -0.2) is 35.3 Å². The predicted molar refractivity (Wildman–Crippen MR) is 62.5 cm³/mol. The molecule has 1 aliphatic rings. The number of rotatable bonds is 5. The summed E-state index contributed by atoms with van der Waals surface area (Å²) in [6.45, 7) is 4.03. The average molecular weight is 252 g/mol. The fourth-order valence-corrected chi connectivity index (χ4v) is 1.83. The summed E-state index contributed by atoms with van der Waals surface area (Å²) in [5.41, 5.74) is 1.14. The lowest BCUT2D eigenvalue weighted by Gasteiger charge is -2.03. The SMILES string of the molecule is CCOC(=O)c1n[nH]c(C(=O)OCC)c1C1CC1. The Balaban J connectivity index is 2.31. The number of carbonyl (C=O) groups excluding carboxylic acids is 2. The third-order valence-electron chi connectivity index (χ3n) is 2.74. The molecule has 6 heteroatoms. The lowest BCUT2D eigenvalue weighted by molar-refractivity contribution is 0.0513. The Morgan fingerprint density at radius 3 is 2.39 bits per heavy atom. The molecule has 1 aliphatic carbocycles. The molecule has 2 rings (SSSR count). The quantitative estimate of drug-likeness (QED) is 0.805. The van der Waals surface area contributed by atoms with Gasteiger partial charge in [-0.15, -0.1) is 0 Å². The van der Waals surface area contributed by atoms with Crippen molar-refractivity contribution in [3.05, 3.63) is 17.0 Å². The number of hydrogen-bond donors (Lipinski definition) is 1. The smallest absolute Gasteiger partial charge is 0.359 e. The Labute approximate surface area is 105 Å². The Morgan fingerprint density at radius 2 is 1.83 bits per heavy atom. The van der Waals surface area contributed by atoms with Gasteiger partial charge in [-0.3, -0.25) is 5.10 Å². The molecule has 1 saturated carbocycles. The third kappa shape index (κ3) is 2.37. The molecule has 18 heavy (non-hydrogen) atoms. The van der Waals surface area contributed by atoms with E-state index in [1.807, 2.05) is 0 Å². The number of carbonyl (C=O) groups is 2. The highest BCUT2D eigenvalue weighted by atomic mass is 16.5. The molecule has 0 spiro atoms. The van der Waals surface area contributed by atoms with Gasteiger partial charge in [0, 0.05) is 5.56 Å². The van der Waals surface area contributed by atoms with Crippen LogP contribution >= 0.6 is 0 Å². The van der Waals surface area contributed by atoms with Crippen LogP contribution in [0.2, 0.25) is 0 Å². The van der Waals surface area contributed by atoms with Crippen molar-refractivity contribution in [3.8, 4) is 0 Å². The van der Waals surface area contributed by atoms with Crippen molar-refractivity contribution in [2.24, 2.45) is 0 Å². The highest BCUT2D eigenvalue weighted by Crippen LogP contribution is 2.43. The van der Waals surface area contributed by atoms with Crippen LogP contribution in [0.4, 0.5) is 0 Å². The molecule has 0 radical (unpaired) electrons. The summed E-state index contributed by atoms with van der Waals surface area (Å²) in [6, 6.07) is 0. The maximum atomic E-state index is 11.7. The van der Waals surface area contributed by atoms with Gasteiger partial charge < -0.3 is 9.47 Å². The second-order valence-electron chi connectivity index (χ2n) is 4.08. The number of ether oxygens (including phenoxy) is 2. The fraction of sp³-hybridized carbons (Fsp3) is 0.583. The van der Waals surface area contributed by atoms with Gasteiger partial charge in [0.15, 0.2) is 5.69 Å². The normalized spacial score (nSPS) is 14.3. The monoisotopic (exact) mass is 252 g/mol. The molecular formula is C12H16N2O4. The van der Waals surface area contributed by atoms with Crippen LogP contribution < -0.4 is 0 Å². The van der Waals surface area contributed by atoms with Crippen LogP contribution in [0.3, 0.4) is 0 Å². The first-order valence-electron chi connectivity index (χ1n) is 6.11. The van der Waals surface area contributed by atoms with Gasteiger partial charge in [-0.25, -0.2) is 9.59 Å². The highest BCUT2D eigenvalue weighted by Gasteiger charge is 2.36. The number of aromatic nitrogens is 2. The van der Waals surface area contributed by atoms with Gasteiger partial charge in [-0.2, -0.15) is 5.10 Å². The first-order chi connectivity index (χ1) is 8.69. The Morgan fingerprint density at radius 1 is 1.22 bits per heavy atom. The summed E-state index contributed by atoms with van der Waals surface area (Å²) < 4.78 is 9.86. The van der Waals surface area contributed by atoms with E-state index >= 15 is 0 Å². The molecular weight excluding hydrogens is 236 g/mol. The number of H-pyrrole nitrogens is 1. The van der Waals surface area contributed by atoms with Gasteiger partial charge in [0.05, 0.1) is 13.2 Å². The molecule has 0 unspecified atom stereocenters. The number of esters is 2.